The lowest BCUT2D eigenvalue weighted by molar-refractivity contribution is -0.126. The van der Waals surface area contributed by atoms with Crippen molar-refractivity contribution in [3.8, 4) is 0 Å². The van der Waals surface area contributed by atoms with E-state index in [-0.39, 0.29) is 17.6 Å². The summed E-state index contributed by atoms with van der Waals surface area (Å²) in [6.45, 7) is 11.4. The third kappa shape index (κ3) is 6.50. The SMILES string of the molecule is CCCS(=O)(=O)N1CCC[C@H](C(=O)NCCCN2C[C@H](C)C[C@@H](C)C2)C1. The lowest BCUT2D eigenvalue weighted by atomic mass is 9.92. The van der Waals surface area contributed by atoms with Crippen molar-refractivity contribution in [2.24, 2.45) is 17.8 Å². The Balaban J connectivity index is 1.70. The molecular formula is C19H37N3O3S. The molecule has 0 spiro atoms. The van der Waals surface area contributed by atoms with Gasteiger partial charge in [-0.05, 0) is 50.5 Å². The van der Waals surface area contributed by atoms with Crippen molar-refractivity contribution >= 4 is 15.9 Å². The van der Waals surface area contributed by atoms with E-state index in [9.17, 15) is 13.2 Å². The van der Waals surface area contributed by atoms with Crippen molar-refractivity contribution in [2.45, 2.75) is 52.9 Å². The molecule has 3 atom stereocenters. The molecule has 0 unspecified atom stereocenters. The highest BCUT2D eigenvalue weighted by molar-refractivity contribution is 7.89. The van der Waals surface area contributed by atoms with E-state index >= 15 is 0 Å². The van der Waals surface area contributed by atoms with E-state index in [1.54, 1.807) is 0 Å². The van der Waals surface area contributed by atoms with Gasteiger partial charge >= 0.3 is 0 Å². The van der Waals surface area contributed by atoms with E-state index in [1.165, 1.54) is 10.7 Å². The van der Waals surface area contributed by atoms with E-state index in [1.807, 2.05) is 6.92 Å². The van der Waals surface area contributed by atoms with Gasteiger partial charge in [-0.25, -0.2) is 12.7 Å². The minimum Gasteiger partial charge on any atom is -0.356 e. The van der Waals surface area contributed by atoms with E-state index < -0.39 is 10.0 Å². The largest absolute Gasteiger partial charge is 0.356 e. The van der Waals surface area contributed by atoms with Gasteiger partial charge in [0.25, 0.3) is 0 Å². The molecule has 1 amide bonds. The van der Waals surface area contributed by atoms with Crippen molar-refractivity contribution < 1.29 is 13.2 Å². The predicted octanol–water partition coefficient (Wildman–Crippen LogP) is 1.92. The maximum Gasteiger partial charge on any atom is 0.224 e. The smallest absolute Gasteiger partial charge is 0.224 e. The van der Waals surface area contributed by atoms with E-state index in [0.717, 1.165) is 50.7 Å². The highest BCUT2D eigenvalue weighted by Crippen LogP contribution is 2.21. The number of carbonyl (C=O) groups excluding carboxylic acids is 1. The van der Waals surface area contributed by atoms with Gasteiger partial charge in [-0.2, -0.15) is 0 Å². The van der Waals surface area contributed by atoms with Gasteiger partial charge in [-0.15, -0.1) is 0 Å². The molecule has 0 bridgehead atoms. The third-order valence-electron chi connectivity index (χ3n) is 5.51. The summed E-state index contributed by atoms with van der Waals surface area (Å²) in [5, 5.41) is 3.03. The summed E-state index contributed by atoms with van der Waals surface area (Å²) < 4.78 is 26.0. The molecule has 0 aromatic heterocycles. The summed E-state index contributed by atoms with van der Waals surface area (Å²) in [7, 11) is -3.20. The van der Waals surface area contributed by atoms with Crippen LogP contribution in [0.5, 0.6) is 0 Å². The van der Waals surface area contributed by atoms with Gasteiger partial charge in [0.15, 0.2) is 0 Å². The second kappa shape index (κ2) is 10.0. The Kier molecular flexibility index (Phi) is 8.36. The number of likely N-dealkylation sites (tertiary alicyclic amines) is 1. The molecular weight excluding hydrogens is 350 g/mol. The Hall–Kier alpha value is -0.660. The lowest BCUT2D eigenvalue weighted by Crippen LogP contribution is -2.46. The van der Waals surface area contributed by atoms with Crippen LogP contribution in [0.25, 0.3) is 0 Å². The summed E-state index contributed by atoms with van der Waals surface area (Å²) in [6, 6.07) is 0. The van der Waals surface area contributed by atoms with Crippen LogP contribution >= 0.6 is 0 Å². The average molecular weight is 388 g/mol. The molecule has 2 aliphatic rings. The first-order valence-electron chi connectivity index (χ1n) is 10.3. The molecule has 6 nitrogen and oxygen atoms in total. The molecule has 2 aliphatic heterocycles. The van der Waals surface area contributed by atoms with Crippen molar-refractivity contribution in [3.63, 3.8) is 0 Å². The molecule has 7 heteroatoms. The maximum atomic E-state index is 12.4. The Morgan fingerprint density at radius 2 is 1.85 bits per heavy atom. The number of rotatable bonds is 8. The van der Waals surface area contributed by atoms with Crippen LogP contribution in [-0.2, 0) is 14.8 Å². The van der Waals surface area contributed by atoms with Gasteiger partial charge in [0.1, 0.15) is 0 Å². The fraction of sp³-hybridized carbons (Fsp3) is 0.947. The van der Waals surface area contributed by atoms with Crippen molar-refractivity contribution in [2.75, 3.05) is 45.0 Å². The summed E-state index contributed by atoms with van der Waals surface area (Å²) in [4.78, 5) is 14.9. The van der Waals surface area contributed by atoms with Crippen LogP contribution in [0.3, 0.4) is 0 Å². The number of amides is 1. The normalized spacial score (nSPS) is 28.8. The number of piperidine rings is 2. The number of sulfonamides is 1. The molecule has 2 fully saturated rings. The predicted molar refractivity (Wildman–Crippen MR) is 105 cm³/mol. The maximum absolute atomic E-state index is 12.4. The molecule has 152 valence electrons. The minimum atomic E-state index is -3.20. The van der Waals surface area contributed by atoms with Crippen LogP contribution in [-0.4, -0.2) is 68.6 Å². The number of hydrogen-bond donors (Lipinski definition) is 1. The Morgan fingerprint density at radius 3 is 2.50 bits per heavy atom. The van der Waals surface area contributed by atoms with Crippen LogP contribution in [0.15, 0.2) is 0 Å². The molecule has 2 heterocycles. The number of hydrogen-bond acceptors (Lipinski definition) is 4. The monoisotopic (exact) mass is 387 g/mol. The molecule has 26 heavy (non-hydrogen) atoms. The third-order valence-corrected chi connectivity index (χ3v) is 7.55. The topological polar surface area (TPSA) is 69.7 Å². The molecule has 0 aliphatic carbocycles. The fourth-order valence-electron chi connectivity index (χ4n) is 4.43. The van der Waals surface area contributed by atoms with Gasteiger partial charge < -0.3 is 10.2 Å². The zero-order valence-electron chi connectivity index (χ0n) is 16.7. The van der Waals surface area contributed by atoms with E-state index in [0.29, 0.717) is 26.1 Å². The summed E-state index contributed by atoms with van der Waals surface area (Å²) in [5.74, 6) is 1.50. The highest BCUT2D eigenvalue weighted by Gasteiger charge is 2.31. The van der Waals surface area contributed by atoms with Crippen molar-refractivity contribution in [1.82, 2.24) is 14.5 Å². The zero-order valence-corrected chi connectivity index (χ0v) is 17.6. The number of nitrogens with zero attached hydrogens (tertiary/aromatic N) is 2. The number of nitrogens with one attached hydrogen (secondary N) is 1. The Labute approximate surface area is 159 Å². The van der Waals surface area contributed by atoms with E-state index in [2.05, 4.69) is 24.1 Å². The van der Waals surface area contributed by atoms with Gasteiger partial charge in [0, 0.05) is 32.7 Å². The van der Waals surface area contributed by atoms with Gasteiger partial charge in [0.05, 0.1) is 11.7 Å². The minimum absolute atomic E-state index is 0.0155. The quantitative estimate of drug-likeness (QED) is 0.646. The van der Waals surface area contributed by atoms with Crippen molar-refractivity contribution in [3.05, 3.63) is 0 Å². The summed E-state index contributed by atoms with van der Waals surface area (Å²) in [5.41, 5.74) is 0. The molecule has 2 saturated heterocycles. The molecule has 0 radical (unpaired) electrons. The highest BCUT2D eigenvalue weighted by atomic mass is 32.2. The molecule has 0 saturated carbocycles. The van der Waals surface area contributed by atoms with Gasteiger partial charge in [-0.1, -0.05) is 20.8 Å². The first-order chi connectivity index (χ1) is 12.3. The van der Waals surface area contributed by atoms with Crippen LogP contribution < -0.4 is 5.32 Å². The van der Waals surface area contributed by atoms with E-state index in [4.69, 9.17) is 0 Å². The zero-order chi connectivity index (χ0) is 19.2. The Bertz CT molecular complexity index is 542. The second-order valence-electron chi connectivity index (χ2n) is 8.36. The summed E-state index contributed by atoms with van der Waals surface area (Å²) in [6.07, 6.45) is 4.43. The molecule has 2 rings (SSSR count). The fourth-order valence-corrected chi connectivity index (χ4v) is 6.02. The van der Waals surface area contributed by atoms with Crippen LogP contribution in [0, 0.1) is 17.8 Å². The van der Waals surface area contributed by atoms with Crippen LogP contribution in [0.4, 0.5) is 0 Å². The Morgan fingerprint density at radius 1 is 1.15 bits per heavy atom. The molecule has 0 aromatic carbocycles. The lowest BCUT2D eigenvalue weighted by Gasteiger charge is -2.35. The first kappa shape index (κ1) is 21.6. The first-order valence-corrected chi connectivity index (χ1v) is 11.9. The summed E-state index contributed by atoms with van der Waals surface area (Å²) >= 11 is 0. The van der Waals surface area contributed by atoms with Crippen LogP contribution in [0.2, 0.25) is 0 Å². The van der Waals surface area contributed by atoms with Crippen molar-refractivity contribution in [1.29, 1.82) is 0 Å². The average Bonchev–Trinajstić information content (AvgIpc) is 2.58. The molecule has 0 aromatic rings. The standard InChI is InChI=1S/C19H37N3O3S/c1-4-11-26(24,25)22-10-5-7-18(15-22)19(23)20-8-6-9-21-13-16(2)12-17(3)14-21/h16-18H,4-15H2,1-3H3,(H,20,23)/t16-,17-,18+/m1/s1. The van der Waals surface area contributed by atoms with Gasteiger partial charge in [0.2, 0.25) is 15.9 Å². The number of carbonyl (C=O) groups is 1. The van der Waals surface area contributed by atoms with Crippen LogP contribution in [0.1, 0.15) is 52.9 Å². The van der Waals surface area contributed by atoms with Gasteiger partial charge in [-0.3, -0.25) is 4.79 Å². The second-order valence-corrected chi connectivity index (χ2v) is 10.5. The molecule has 1 N–H and O–H groups in total.